The maximum atomic E-state index is 5.30. The molecule has 2 aromatic heterocycles. The molecule has 1 aliphatic rings. The lowest BCUT2D eigenvalue weighted by molar-refractivity contribution is 0.423. The van der Waals surface area contributed by atoms with Crippen LogP contribution in [0.5, 0.6) is 0 Å². The molecular formula is C11H16N8S. The highest BCUT2D eigenvalue weighted by molar-refractivity contribution is 7.98. The van der Waals surface area contributed by atoms with Crippen LogP contribution in [0.15, 0.2) is 17.4 Å². The van der Waals surface area contributed by atoms with E-state index in [4.69, 9.17) is 5.84 Å². The summed E-state index contributed by atoms with van der Waals surface area (Å²) in [6, 6.07) is 2.30. The molecule has 0 aliphatic heterocycles. The molecule has 0 unspecified atom stereocenters. The maximum Gasteiger partial charge on any atom is 0.237 e. The lowest BCUT2D eigenvalue weighted by atomic mass is 10.3. The van der Waals surface area contributed by atoms with Crippen LogP contribution in [0.25, 0.3) is 0 Å². The molecule has 0 saturated heterocycles. The Bertz CT molecular complexity index is 565. The van der Waals surface area contributed by atoms with Gasteiger partial charge in [-0.2, -0.15) is 0 Å². The number of thioether (sulfide) groups is 1. The Kier molecular flexibility index (Phi) is 4.07. The fourth-order valence-corrected chi connectivity index (χ4v) is 3.19. The summed E-state index contributed by atoms with van der Waals surface area (Å²) in [7, 11) is 0. The summed E-state index contributed by atoms with van der Waals surface area (Å²) >= 11 is 1.58. The van der Waals surface area contributed by atoms with Crippen LogP contribution in [0.4, 0.5) is 5.95 Å². The first-order valence-electron chi connectivity index (χ1n) is 6.56. The van der Waals surface area contributed by atoms with E-state index in [1.54, 1.807) is 18.0 Å². The summed E-state index contributed by atoms with van der Waals surface area (Å²) in [5.74, 6) is 6.40. The number of rotatable bonds is 5. The highest BCUT2D eigenvalue weighted by Crippen LogP contribution is 2.32. The molecule has 1 fully saturated rings. The Morgan fingerprint density at radius 1 is 1.40 bits per heavy atom. The van der Waals surface area contributed by atoms with E-state index in [2.05, 4.69) is 30.9 Å². The van der Waals surface area contributed by atoms with Crippen molar-refractivity contribution >= 4 is 17.7 Å². The van der Waals surface area contributed by atoms with Gasteiger partial charge in [0.2, 0.25) is 11.1 Å². The Balaban J connectivity index is 1.67. The molecule has 2 heterocycles. The number of nitrogens with two attached hydrogens (primary N) is 1. The SMILES string of the molecule is NNc1nccc(CSc2nnnn2C2CCCC2)n1. The van der Waals surface area contributed by atoms with E-state index in [0.717, 1.165) is 23.7 Å². The van der Waals surface area contributed by atoms with Crippen molar-refractivity contribution in [2.24, 2.45) is 5.84 Å². The Labute approximate surface area is 120 Å². The minimum atomic E-state index is 0.415. The minimum absolute atomic E-state index is 0.415. The van der Waals surface area contributed by atoms with Crippen molar-refractivity contribution in [3.63, 3.8) is 0 Å². The topological polar surface area (TPSA) is 107 Å². The molecule has 0 atom stereocenters. The van der Waals surface area contributed by atoms with Crippen LogP contribution in [0.2, 0.25) is 0 Å². The van der Waals surface area contributed by atoms with Gasteiger partial charge in [0.15, 0.2) is 0 Å². The predicted molar refractivity (Wildman–Crippen MR) is 74.7 cm³/mol. The van der Waals surface area contributed by atoms with Gasteiger partial charge in [-0.05, 0) is 29.3 Å². The second-order valence-corrected chi connectivity index (χ2v) is 5.59. The van der Waals surface area contributed by atoms with E-state index >= 15 is 0 Å². The summed E-state index contributed by atoms with van der Waals surface area (Å²) in [6.45, 7) is 0. The third-order valence-corrected chi connectivity index (χ3v) is 4.29. The summed E-state index contributed by atoms with van der Waals surface area (Å²) in [4.78, 5) is 8.25. The molecule has 106 valence electrons. The van der Waals surface area contributed by atoms with E-state index in [1.165, 1.54) is 12.8 Å². The first-order chi connectivity index (χ1) is 9.86. The van der Waals surface area contributed by atoms with Crippen molar-refractivity contribution < 1.29 is 0 Å². The van der Waals surface area contributed by atoms with Crippen LogP contribution in [-0.4, -0.2) is 30.2 Å². The molecule has 0 bridgehead atoms. The number of tetrazole rings is 1. The molecule has 1 aliphatic carbocycles. The summed E-state index contributed by atoms with van der Waals surface area (Å²) in [5, 5.41) is 12.8. The number of nitrogens with one attached hydrogen (secondary N) is 1. The molecule has 1 saturated carbocycles. The van der Waals surface area contributed by atoms with Crippen molar-refractivity contribution in [1.82, 2.24) is 30.2 Å². The molecule has 0 amide bonds. The largest absolute Gasteiger partial charge is 0.292 e. The zero-order chi connectivity index (χ0) is 13.8. The number of hydrogen-bond donors (Lipinski definition) is 2. The highest BCUT2D eigenvalue weighted by Gasteiger charge is 2.21. The van der Waals surface area contributed by atoms with Gasteiger partial charge in [0.1, 0.15) is 0 Å². The van der Waals surface area contributed by atoms with Gasteiger partial charge >= 0.3 is 0 Å². The summed E-state index contributed by atoms with van der Waals surface area (Å²) in [5.41, 5.74) is 3.33. The quantitative estimate of drug-likeness (QED) is 0.480. The van der Waals surface area contributed by atoms with Crippen LogP contribution < -0.4 is 11.3 Å². The summed E-state index contributed by atoms with van der Waals surface area (Å²) < 4.78 is 1.95. The van der Waals surface area contributed by atoms with E-state index in [9.17, 15) is 0 Å². The average Bonchev–Trinajstić information content (AvgIpc) is 3.16. The summed E-state index contributed by atoms with van der Waals surface area (Å²) in [6.07, 6.45) is 6.51. The van der Waals surface area contributed by atoms with E-state index in [1.807, 2.05) is 10.7 Å². The van der Waals surface area contributed by atoms with E-state index < -0.39 is 0 Å². The van der Waals surface area contributed by atoms with Gasteiger partial charge in [-0.15, -0.1) is 5.10 Å². The lowest BCUT2D eigenvalue weighted by Gasteiger charge is -2.10. The molecular weight excluding hydrogens is 276 g/mol. The predicted octanol–water partition coefficient (Wildman–Crippen LogP) is 1.16. The number of hydrogen-bond acceptors (Lipinski definition) is 8. The van der Waals surface area contributed by atoms with Gasteiger partial charge in [0.25, 0.3) is 0 Å². The van der Waals surface area contributed by atoms with Crippen molar-refractivity contribution in [2.75, 3.05) is 5.43 Å². The zero-order valence-corrected chi connectivity index (χ0v) is 11.8. The Morgan fingerprint density at radius 3 is 3.05 bits per heavy atom. The van der Waals surface area contributed by atoms with E-state index in [0.29, 0.717) is 17.7 Å². The van der Waals surface area contributed by atoms with Gasteiger partial charge in [-0.25, -0.2) is 20.5 Å². The van der Waals surface area contributed by atoms with Gasteiger partial charge in [-0.3, -0.25) is 5.43 Å². The van der Waals surface area contributed by atoms with Gasteiger partial charge in [-0.1, -0.05) is 24.6 Å². The first kappa shape index (κ1) is 13.3. The van der Waals surface area contributed by atoms with E-state index in [-0.39, 0.29) is 0 Å². The van der Waals surface area contributed by atoms with Crippen LogP contribution in [-0.2, 0) is 5.75 Å². The van der Waals surface area contributed by atoms with Crippen molar-refractivity contribution in [2.45, 2.75) is 42.6 Å². The van der Waals surface area contributed by atoms with Gasteiger partial charge in [0.05, 0.1) is 11.7 Å². The maximum absolute atomic E-state index is 5.30. The van der Waals surface area contributed by atoms with Crippen molar-refractivity contribution in [3.05, 3.63) is 18.0 Å². The van der Waals surface area contributed by atoms with Crippen LogP contribution in [0, 0.1) is 0 Å². The molecule has 0 spiro atoms. The normalized spacial score (nSPS) is 15.7. The molecule has 9 heteroatoms. The number of aromatic nitrogens is 6. The number of nitrogen functional groups attached to an aromatic ring is 1. The second kappa shape index (κ2) is 6.14. The highest BCUT2D eigenvalue weighted by atomic mass is 32.2. The zero-order valence-electron chi connectivity index (χ0n) is 10.9. The van der Waals surface area contributed by atoms with Crippen LogP contribution >= 0.6 is 11.8 Å². The molecule has 8 nitrogen and oxygen atoms in total. The van der Waals surface area contributed by atoms with Gasteiger partial charge in [0, 0.05) is 11.9 Å². The Morgan fingerprint density at radius 2 is 2.25 bits per heavy atom. The molecule has 0 radical (unpaired) electrons. The first-order valence-corrected chi connectivity index (χ1v) is 7.54. The Hall–Kier alpha value is -1.74. The lowest BCUT2D eigenvalue weighted by Crippen LogP contribution is -2.11. The standard InChI is InChI=1S/C11H16N8S/c12-15-10-13-6-5-8(14-10)7-20-11-16-17-18-19(11)9-3-1-2-4-9/h5-6,9H,1-4,7,12H2,(H,13,14,15). The average molecular weight is 292 g/mol. The number of anilines is 1. The number of hydrazine groups is 1. The molecule has 20 heavy (non-hydrogen) atoms. The van der Waals surface area contributed by atoms with Crippen molar-refractivity contribution in [3.8, 4) is 0 Å². The second-order valence-electron chi connectivity index (χ2n) is 4.65. The minimum Gasteiger partial charge on any atom is -0.292 e. The molecule has 2 aromatic rings. The third kappa shape index (κ3) is 2.88. The fourth-order valence-electron chi connectivity index (χ4n) is 2.34. The van der Waals surface area contributed by atoms with Crippen molar-refractivity contribution in [1.29, 1.82) is 0 Å². The van der Waals surface area contributed by atoms with Crippen LogP contribution in [0.1, 0.15) is 37.4 Å². The molecule has 3 N–H and O–H groups in total. The fraction of sp³-hybridized carbons (Fsp3) is 0.545. The van der Waals surface area contributed by atoms with Crippen LogP contribution in [0.3, 0.4) is 0 Å². The monoisotopic (exact) mass is 292 g/mol. The smallest absolute Gasteiger partial charge is 0.237 e. The molecule has 3 rings (SSSR count). The van der Waals surface area contributed by atoms with Gasteiger partial charge < -0.3 is 0 Å². The number of nitrogens with zero attached hydrogens (tertiary/aromatic N) is 6. The molecule has 0 aromatic carbocycles. The third-order valence-electron chi connectivity index (χ3n) is 3.32.